The van der Waals surface area contributed by atoms with Crippen molar-refractivity contribution in [2.75, 3.05) is 33.9 Å². The van der Waals surface area contributed by atoms with Crippen LogP contribution < -0.4 is 5.32 Å². The molecule has 2 atom stereocenters. The molecule has 1 aliphatic heterocycles. The van der Waals surface area contributed by atoms with Crippen LogP contribution in [0.5, 0.6) is 0 Å². The Morgan fingerprint density at radius 2 is 2.17 bits per heavy atom. The summed E-state index contributed by atoms with van der Waals surface area (Å²) >= 11 is 0. The Balaban J connectivity index is 1.90. The Kier molecular flexibility index (Phi) is 5.17. The second kappa shape index (κ2) is 6.88. The summed E-state index contributed by atoms with van der Waals surface area (Å²) < 4.78 is 5.32. The number of likely N-dealkylation sites (tertiary alicyclic amines) is 1. The summed E-state index contributed by atoms with van der Waals surface area (Å²) in [5.41, 5.74) is 1.31. The molecule has 1 heterocycles. The van der Waals surface area contributed by atoms with E-state index in [9.17, 15) is 0 Å². The quantitative estimate of drug-likeness (QED) is 0.834. The average Bonchev–Trinajstić information content (AvgIpc) is 2.81. The third-order valence-electron chi connectivity index (χ3n) is 3.81. The molecule has 0 saturated carbocycles. The van der Waals surface area contributed by atoms with Gasteiger partial charge < -0.3 is 15.0 Å². The predicted octanol–water partition coefficient (Wildman–Crippen LogP) is 2.06. The first-order valence-corrected chi connectivity index (χ1v) is 6.78. The molecule has 2 rings (SSSR count). The molecule has 1 aliphatic rings. The topological polar surface area (TPSA) is 24.5 Å². The molecule has 0 radical (unpaired) electrons. The molecular formula is C15H24N2O. The van der Waals surface area contributed by atoms with Gasteiger partial charge in [0.1, 0.15) is 0 Å². The normalized spacial score (nSPS) is 22.2. The molecule has 18 heavy (non-hydrogen) atoms. The number of benzene rings is 1. The smallest absolute Gasteiger partial charge is 0.0657 e. The second-order valence-electron chi connectivity index (χ2n) is 5.10. The van der Waals surface area contributed by atoms with Gasteiger partial charge in [-0.25, -0.2) is 0 Å². The molecule has 2 unspecified atom stereocenters. The number of rotatable bonds is 6. The highest BCUT2D eigenvalue weighted by Crippen LogP contribution is 2.17. The van der Waals surface area contributed by atoms with E-state index < -0.39 is 0 Å². The van der Waals surface area contributed by atoms with E-state index in [2.05, 4.69) is 47.6 Å². The lowest BCUT2D eigenvalue weighted by Crippen LogP contribution is -2.38. The van der Waals surface area contributed by atoms with Gasteiger partial charge in [0.25, 0.3) is 0 Å². The fourth-order valence-electron chi connectivity index (χ4n) is 2.64. The zero-order chi connectivity index (χ0) is 12.8. The van der Waals surface area contributed by atoms with Crippen molar-refractivity contribution in [3.8, 4) is 0 Å². The average molecular weight is 248 g/mol. The van der Waals surface area contributed by atoms with Crippen LogP contribution in [0.4, 0.5) is 0 Å². The fraction of sp³-hybridized carbons (Fsp3) is 0.600. The third kappa shape index (κ3) is 3.55. The lowest BCUT2D eigenvalue weighted by molar-refractivity contribution is 0.161. The fourth-order valence-corrected chi connectivity index (χ4v) is 2.64. The van der Waals surface area contributed by atoms with E-state index in [1.54, 1.807) is 7.11 Å². The minimum atomic E-state index is 0.296. The Morgan fingerprint density at radius 3 is 2.78 bits per heavy atom. The summed E-state index contributed by atoms with van der Waals surface area (Å²) in [4.78, 5) is 2.45. The highest BCUT2D eigenvalue weighted by atomic mass is 16.5. The van der Waals surface area contributed by atoms with Crippen LogP contribution in [-0.2, 0) is 4.74 Å². The predicted molar refractivity (Wildman–Crippen MR) is 74.7 cm³/mol. The summed E-state index contributed by atoms with van der Waals surface area (Å²) in [5.74, 6) is 0. The Hall–Kier alpha value is -0.900. The van der Waals surface area contributed by atoms with Crippen LogP contribution in [0.3, 0.4) is 0 Å². The summed E-state index contributed by atoms with van der Waals surface area (Å²) in [6.45, 7) is 2.99. The molecule has 1 aromatic rings. The first-order valence-electron chi connectivity index (χ1n) is 6.78. The zero-order valence-electron chi connectivity index (χ0n) is 11.4. The van der Waals surface area contributed by atoms with Gasteiger partial charge in [-0.05, 0) is 32.0 Å². The molecule has 0 spiro atoms. The summed E-state index contributed by atoms with van der Waals surface area (Å²) in [7, 11) is 3.98. The summed E-state index contributed by atoms with van der Waals surface area (Å²) in [6, 6.07) is 11.5. The first kappa shape index (κ1) is 13.5. The number of hydrogen-bond acceptors (Lipinski definition) is 3. The molecule has 1 saturated heterocycles. The van der Waals surface area contributed by atoms with Crippen LogP contribution in [-0.4, -0.2) is 44.8 Å². The largest absolute Gasteiger partial charge is 0.383 e. The van der Waals surface area contributed by atoms with Crippen molar-refractivity contribution in [2.24, 2.45) is 0 Å². The highest BCUT2D eigenvalue weighted by molar-refractivity contribution is 5.19. The molecule has 0 aliphatic carbocycles. The first-order chi connectivity index (χ1) is 8.81. The molecule has 0 bridgehead atoms. The van der Waals surface area contributed by atoms with Crippen LogP contribution >= 0.6 is 0 Å². The number of methoxy groups -OCH3 is 1. The van der Waals surface area contributed by atoms with Crippen LogP contribution in [0.25, 0.3) is 0 Å². The van der Waals surface area contributed by atoms with Gasteiger partial charge in [-0.15, -0.1) is 0 Å². The zero-order valence-corrected chi connectivity index (χ0v) is 11.4. The molecule has 3 heteroatoms. The Bertz CT molecular complexity index is 342. The van der Waals surface area contributed by atoms with Gasteiger partial charge in [-0.1, -0.05) is 30.3 Å². The number of likely N-dealkylation sites (N-methyl/N-ethyl adjacent to an activating group) is 1. The van der Waals surface area contributed by atoms with E-state index >= 15 is 0 Å². The number of nitrogens with one attached hydrogen (secondary N) is 1. The van der Waals surface area contributed by atoms with Crippen LogP contribution in [0, 0.1) is 0 Å². The molecule has 1 N–H and O–H groups in total. The molecule has 1 fully saturated rings. The van der Waals surface area contributed by atoms with Crippen molar-refractivity contribution in [2.45, 2.75) is 24.9 Å². The Morgan fingerprint density at radius 1 is 1.39 bits per heavy atom. The van der Waals surface area contributed by atoms with Crippen molar-refractivity contribution in [1.82, 2.24) is 10.2 Å². The number of ether oxygens (including phenoxy) is 1. The monoisotopic (exact) mass is 248 g/mol. The van der Waals surface area contributed by atoms with E-state index in [4.69, 9.17) is 4.74 Å². The van der Waals surface area contributed by atoms with Gasteiger partial charge in [-0.3, -0.25) is 0 Å². The van der Waals surface area contributed by atoms with E-state index in [1.807, 2.05) is 0 Å². The van der Waals surface area contributed by atoms with Crippen LogP contribution in [0.2, 0.25) is 0 Å². The second-order valence-corrected chi connectivity index (χ2v) is 5.10. The van der Waals surface area contributed by atoms with Crippen molar-refractivity contribution in [3.63, 3.8) is 0 Å². The van der Waals surface area contributed by atoms with Gasteiger partial charge in [0.05, 0.1) is 12.6 Å². The van der Waals surface area contributed by atoms with Crippen molar-refractivity contribution in [3.05, 3.63) is 35.9 Å². The molecule has 1 aromatic carbocycles. The van der Waals surface area contributed by atoms with Gasteiger partial charge in [-0.2, -0.15) is 0 Å². The minimum Gasteiger partial charge on any atom is -0.383 e. The molecular weight excluding hydrogens is 224 g/mol. The highest BCUT2D eigenvalue weighted by Gasteiger charge is 2.21. The maximum atomic E-state index is 5.32. The summed E-state index contributed by atoms with van der Waals surface area (Å²) in [5, 5.41) is 3.64. The lowest BCUT2D eigenvalue weighted by atomic mass is 10.1. The maximum Gasteiger partial charge on any atom is 0.0657 e. The molecule has 3 nitrogen and oxygen atoms in total. The van der Waals surface area contributed by atoms with Gasteiger partial charge in [0.15, 0.2) is 0 Å². The minimum absolute atomic E-state index is 0.296. The van der Waals surface area contributed by atoms with E-state index in [0.717, 1.165) is 13.2 Å². The van der Waals surface area contributed by atoms with Crippen LogP contribution in [0.1, 0.15) is 24.4 Å². The van der Waals surface area contributed by atoms with Gasteiger partial charge >= 0.3 is 0 Å². The Labute approximate surface area is 110 Å². The number of nitrogens with zero attached hydrogens (tertiary/aromatic N) is 1. The number of hydrogen-bond donors (Lipinski definition) is 1. The molecule has 0 aromatic heterocycles. The molecule has 0 amide bonds. The van der Waals surface area contributed by atoms with Crippen molar-refractivity contribution < 1.29 is 4.74 Å². The van der Waals surface area contributed by atoms with Crippen LogP contribution in [0.15, 0.2) is 30.3 Å². The van der Waals surface area contributed by atoms with Crippen molar-refractivity contribution in [1.29, 1.82) is 0 Å². The van der Waals surface area contributed by atoms with E-state index in [0.29, 0.717) is 12.1 Å². The molecule has 100 valence electrons. The third-order valence-corrected chi connectivity index (χ3v) is 3.81. The van der Waals surface area contributed by atoms with E-state index in [1.165, 1.54) is 24.9 Å². The van der Waals surface area contributed by atoms with Gasteiger partial charge in [0.2, 0.25) is 0 Å². The SMILES string of the molecule is COCC(NCC1CCCN1C)c1ccccc1. The summed E-state index contributed by atoms with van der Waals surface area (Å²) in [6.07, 6.45) is 2.63. The van der Waals surface area contributed by atoms with E-state index in [-0.39, 0.29) is 0 Å². The lowest BCUT2D eigenvalue weighted by Gasteiger charge is -2.24. The van der Waals surface area contributed by atoms with Gasteiger partial charge in [0, 0.05) is 19.7 Å². The maximum absolute atomic E-state index is 5.32. The van der Waals surface area contributed by atoms with Crippen molar-refractivity contribution >= 4 is 0 Å². The standard InChI is InChI=1S/C15H24N2O/c1-17-10-6-9-14(17)11-16-15(12-18-2)13-7-4-3-5-8-13/h3-5,7-8,14-16H,6,9-12H2,1-2H3.